The number of aromatic nitrogens is 1. The normalized spacial score (nSPS) is 14.5. The standard InChI is InChI=1S/C34H31BrN4O4S/c1-5-38(6-2)33(41)30-21(3)37-34-39(31(30)25-9-7-8-10-27(25)42-4)32(40)29(44-34)18-24-15-16-28(26(35)17-24)43-20-23-13-11-22(19-36)12-14-23/h7-18,31H,5-6,20H2,1-4H3/b29-18+/t31-/m1/s1. The Kier molecular flexibility index (Phi) is 9.47. The molecule has 0 fully saturated rings. The zero-order valence-corrected chi connectivity index (χ0v) is 27.2. The monoisotopic (exact) mass is 670 g/mol. The van der Waals surface area contributed by atoms with Crippen LogP contribution in [0.25, 0.3) is 6.08 Å². The number of likely N-dealkylation sites (N-methyl/N-ethyl adjacent to an activating group) is 1. The van der Waals surface area contributed by atoms with Crippen LogP contribution in [0.3, 0.4) is 0 Å². The number of rotatable bonds is 9. The van der Waals surface area contributed by atoms with Crippen LogP contribution < -0.4 is 24.4 Å². The number of halogens is 1. The third-order valence-corrected chi connectivity index (χ3v) is 9.07. The summed E-state index contributed by atoms with van der Waals surface area (Å²) >= 11 is 4.88. The topological polar surface area (TPSA) is 96.9 Å². The van der Waals surface area contributed by atoms with E-state index in [0.29, 0.717) is 57.4 Å². The van der Waals surface area contributed by atoms with Gasteiger partial charge in [0.25, 0.3) is 11.5 Å². The molecule has 0 saturated heterocycles. The maximum atomic E-state index is 14.1. The Hall–Kier alpha value is -4.46. The van der Waals surface area contributed by atoms with Crippen molar-refractivity contribution in [3.05, 3.63) is 124 Å². The van der Waals surface area contributed by atoms with Crippen molar-refractivity contribution in [3.63, 3.8) is 0 Å². The number of thiazole rings is 1. The number of hydrogen-bond acceptors (Lipinski definition) is 7. The lowest BCUT2D eigenvalue weighted by Crippen LogP contribution is -2.43. The second-order valence-electron chi connectivity index (χ2n) is 10.1. The van der Waals surface area contributed by atoms with Crippen LogP contribution in [0.15, 0.2) is 92.3 Å². The number of hydrogen-bond donors (Lipinski definition) is 0. The number of benzene rings is 3. The number of fused-ring (bicyclic) bond motifs is 1. The van der Waals surface area contributed by atoms with Crippen LogP contribution in [0, 0.1) is 11.3 Å². The average molecular weight is 672 g/mol. The molecule has 224 valence electrons. The number of para-hydroxylation sites is 1. The molecule has 4 aromatic rings. The van der Waals surface area contributed by atoms with E-state index in [1.807, 2.05) is 81.4 Å². The molecular weight excluding hydrogens is 640 g/mol. The minimum Gasteiger partial charge on any atom is -0.496 e. The molecule has 0 bridgehead atoms. The van der Waals surface area contributed by atoms with E-state index in [2.05, 4.69) is 22.0 Å². The fourth-order valence-electron chi connectivity index (χ4n) is 5.17. The third kappa shape index (κ3) is 6.11. The van der Waals surface area contributed by atoms with Gasteiger partial charge in [-0.2, -0.15) is 5.26 Å². The first-order valence-corrected chi connectivity index (χ1v) is 15.8. The van der Waals surface area contributed by atoms with Crippen molar-refractivity contribution in [1.29, 1.82) is 5.26 Å². The van der Waals surface area contributed by atoms with E-state index in [9.17, 15) is 9.59 Å². The Morgan fingerprint density at radius 2 is 1.84 bits per heavy atom. The van der Waals surface area contributed by atoms with Gasteiger partial charge in [-0.3, -0.25) is 14.2 Å². The van der Waals surface area contributed by atoms with Gasteiger partial charge in [0.2, 0.25) is 0 Å². The van der Waals surface area contributed by atoms with E-state index >= 15 is 0 Å². The number of nitrogens with zero attached hydrogens (tertiary/aromatic N) is 4. The fraction of sp³-hybridized carbons (Fsp3) is 0.235. The van der Waals surface area contributed by atoms with Gasteiger partial charge in [-0.15, -0.1) is 0 Å². The van der Waals surface area contributed by atoms with Crippen molar-refractivity contribution in [3.8, 4) is 17.6 Å². The summed E-state index contributed by atoms with van der Waals surface area (Å²) in [5.74, 6) is 1.09. The molecule has 0 saturated carbocycles. The van der Waals surface area contributed by atoms with E-state index in [1.54, 1.807) is 28.7 Å². The predicted octanol–water partition coefficient (Wildman–Crippen LogP) is 5.33. The van der Waals surface area contributed by atoms with Crippen molar-refractivity contribution >= 4 is 39.2 Å². The molecule has 0 radical (unpaired) electrons. The van der Waals surface area contributed by atoms with Crippen molar-refractivity contribution in [1.82, 2.24) is 9.47 Å². The molecule has 0 aliphatic carbocycles. The van der Waals surface area contributed by atoms with Gasteiger partial charge >= 0.3 is 0 Å². The van der Waals surface area contributed by atoms with E-state index in [4.69, 9.17) is 19.7 Å². The van der Waals surface area contributed by atoms with Gasteiger partial charge in [0.1, 0.15) is 24.1 Å². The molecule has 2 heterocycles. The highest BCUT2D eigenvalue weighted by molar-refractivity contribution is 9.10. The molecule has 1 amide bonds. The van der Waals surface area contributed by atoms with Crippen LogP contribution in [-0.2, 0) is 11.4 Å². The molecule has 1 aliphatic heterocycles. The van der Waals surface area contributed by atoms with Gasteiger partial charge in [-0.1, -0.05) is 47.7 Å². The third-order valence-electron chi connectivity index (χ3n) is 7.47. The molecule has 10 heteroatoms. The van der Waals surface area contributed by atoms with Crippen LogP contribution in [0.4, 0.5) is 0 Å². The first-order chi connectivity index (χ1) is 21.3. The largest absolute Gasteiger partial charge is 0.496 e. The first-order valence-electron chi connectivity index (χ1n) is 14.2. The molecule has 3 aromatic carbocycles. The van der Waals surface area contributed by atoms with Crippen molar-refractivity contribution in [2.75, 3.05) is 20.2 Å². The highest BCUT2D eigenvalue weighted by Gasteiger charge is 2.35. The summed E-state index contributed by atoms with van der Waals surface area (Å²) < 4.78 is 14.5. The number of carbonyl (C=O) groups excluding carboxylic acids is 1. The van der Waals surface area contributed by atoms with Crippen LogP contribution in [0.1, 0.15) is 49.1 Å². The molecule has 44 heavy (non-hydrogen) atoms. The number of nitriles is 1. The quantitative estimate of drug-likeness (QED) is 0.240. The molecular formula is C34H31BrN4O4S. The van der Waals surface area contributed by atoms with E-state index < -0.39 is 6.04 Å². The molecule has 1 aliphatic rings. The van der Waals surface area contributed by atoms with Gasteiger partial charge in [0.15, 0.2) is 4.80 Å². The molecule has 0 spiro atoms. The number of methoxy groups -OCH3 is 1. The second kappa shape index (κ2) is 13.5. The summed E-state index contributed by atoms with van der Waals surface area (Å²) in [6, 6.07) is 21.8. The maximum absolute atomic E-state index is 14.1. The highest BCUT2D eigenvalue weighted by Crippen LogP contribution is 2.36. The summed E-state index contributed by atoms with van der Waals surface area (Å²) in [6.45, 7) is 7.12. The van der Waals surface area contributed by atoms with Crippen LogP contribution in [0.5, 0.6) is 11.5 Å². The summed E-state index contributed by atoms with van der Waals surface area (Å²) in [7, 11) is 1.58. The van der Waals surface area contributed by atoms with Gasteiger partial charge in [0, 0.05) is 18.7 Å². The van der Waals surface area contributed by atoms with Gasteiger partial charge in [-0.25, -0.2) is 4.99 Å². The van der Waals surface area contributed by atoms with Gasteiger partial charge < -0.3 is 14.4 Å². The van der Waals surface area contributed by atoms with E-state index in [-0.39, 0.29) is 11.5 Å². The van der Waals surface area contributed by atoms with E-state index in [0.717, 1.165) is 21.2 Å². The first kappa shape index (κ1) is 31.0. The Morgan fingerprint density at radius 3 is 2.50 bits per heavy atom. The van der Waals surface area contributed by atoms with Crippen molar-refractivity contribution in [2.45, 2.75) is 33.4 Å². The molecule has 1 atom stereocenters. The lowest BCUT2D eigenvalue weighted by molar-refractivity contribution is -0.127. The maximum Gasteiger partial charge on any atom is 0.271 e. The molecule has 1 aromatic heterocycles. The van der Waals surface area contributed by atoms with Crippen molar-refractivity contribution < 1.29 is 14.3 Å². The zero-order valence-electron chi connectivity index (χ0n) is 24.8. The highest BCUT2D eigenvalue weighted by atomic mass is 79.9. The minimum absolute atomic E-state index is 0.151. The second-order valence-corrected chi connectivity index (χ2v) is 12.0. The van der Waals surface area contributed by atoms with Crippen LogP contribution in [0.2, 0.25) is 0 Å². The zero-order chi connectivity index (χ0) is 31.4. The number of carbonyl (C=O) groups is 1. The lowest BCUT2D eigenvalue weighted by atomic mass is 9.94. The lowest BCUT2D eigenvalue weighted by Gasteiger charge is -2.29. The minimum atomic E-state index is -0.692. The Bertz CT molecular complexity index is 1970. The SMILES string of the molecule is CCN(CC)C(=O)C1=C(C)N=c2s/c(=C/c3ccc(OCc4ccc(C#N)cc4)c(Br)c3)c(=O)n2[C@@H]1c1ccccc1OC. The van der Waals surface area contributed by atoms with Gasteiger partial charge in [-0.05, 0) is 84.2 Å². The summed E-state index contributed by atoms with van der Waals surface area (Å²) in [6.07, 6.45) is 1.82. The Balaban J connectivity index is 1.54. The molecule has 0 unspecified atom stereocenters. The number of amides is 1. The van der Waals surface area contributed by atoms with Crippen LogP contribution in [-0.4, -0.2) is 35.6 Å². The summed E-state index contributed by atoms with van der Waals surface area (Å²) in [5.41, 5.74) is 3.87. The summed E-state index contributed by atoms with van der Waals surface area (Å²) in [4.78, 5) is 34.9. The molecule has 5 rings (SSSR count). The molecule has 0 N–H and O–H groups in total. The smallest absolute Gasteiger partial charge is 0.271 e. The number of allylic oxidation sites excluding steroid dienone is 1. The Labute approximate surface area is 267 Å². The summed E-state index contributed by atoms with van der Waals surface area (Å²) in [5, 5.41) is 9.00. The number of ether oxygens (including phenoxy) is 2. The Morgan fingerprint density at radius 1 is 1.11 bits per heavy atom. The predicted molar refractivity (Wildman–Crippen MR) is 174 cm³/mol. The van der Waals surface area contributed by atoms with Crippen molar-refractivity contribution in [2.24, 2.45) is 4.99 Å². The van der Waals surface area contributed by atoms with Gasteiger partial charge in [0.05, 0.1) is 39.0 Å². The van der Waals surface area contributed by atoms with E-state index in [1.165, 1.54) is 11.3 Å². The average Bonchev–Trinajstić information content (AvgIpc) is 3.34. The fourth-order valence-corrected chi connectivity index (χ4v) is 6.73. The van der Waals surface area contributed by atoms with Crippen LogP contribution >= 0.6 is 27.3 Å². The molecule has 8 nitrogen and oxygen atoms in total.